The number of fused-ring (bicyclic) bond motifs is 1. The average Bonchev–Trinajstić information content (AvgIpc) is 3.18. The molecule has 1 atom stereocenters. The summed E-state index contributed by atoms with van der Waals surface area (Å²) in [4.78, 5) is 14.5. The monoisotopic (exact) mass is 466 g/mol. The second-order valence-electron chi connectivity index (χ2n) is 11.4. The lowest BCUT2D eigenvalue weighted by atomic mass is 9.71. The summed E-state index contributed by atoms with van der Waals surface area (Å²) in [5.41, 5.74) is 2.66. The number of nitrogens with one attached hydrogen (secondary N) is 1. The quantitative estimate of drug-likeness (QED) is 0.418. The van der Waals surface area contributed by atoms with Gasteiger partial charge in [-0.2, -0.15) is 5.10 Å². The van der Waals surface area contributed by atoms with Gasteiger partial charge in [-0.05, 0) is 86.4 Å². The maximum Gasteiger partial charge on any atom is 0.317 e. The van der Waals surface area contributed by atoms with Crippen molar-refractivity contribution in [3.63, 3.8) is 0 Å². The first-order chi connectivity index (χ1) is 15.8. The van der Waals surface area contributed by atoms with Crippen LogP contribution in [0.3, 0.4) is 0 Å². The van der Waals surface area contributed by atoms with E-state index in [-0.39, 0.29) is 28.7 Å². The Morgan fingerprint density at radius 1 is 1.09 bits per heavy atom. The van der Waals surface area contributed by atoms with Crippen LogP contribution >= 0.6 is 0 Å². The van der Waals surface area contributed by atoms with Gasteiger partial charge in [0.25, 0.3) is 0 Å². The Morgan fingerprint density at radius 3 is 2.32 bits per heavy atom. The van der Waals surface area contributed by atoms with Gasteiger partial charge in [0.05, 0.1) is 17.4 Å². The summed E-state index contributed by atoms with van der Waals surface area (Å²) in [5.74, 6) is 0.503. The van der Waals surface area contributed by atoms with Gasteiger partial charge in [0.15, 0.2) is 0 Å². The fourth-order valence-corrected chi connectivity index (χ4v) is 4.28. The number of nitrogens with zero attached hydrogens (tertiary/aromatic N) is 3. The zero-order chi connectivity index (χ0) is 25.3. The van der Waals surface area contributed by atoms with Crippen molar-refractivity contribution in [3.05, 3.63) is 60.0 Å². The molecule has 2 amide bonds. The van der Waals surface area contributed by atoms with Crippen molar-refractivity contribution in [3.8, 4) is 5.69 Å². The molecule has 6 heteroatoms. The fourth-order valence-electron chi connectivity index (χ4n) is 4.28. The number of hydrogen-bond donors (Lipinski definition) is 1. The summed E-state index contributed by atoms with van der Waals surface area (Å²) in [6.07, 6.45) is 2.87. The van der Waals surface area contributed by atoms with Crippen LogP contribution in [0.2, 0.25) is 0 Å². The van der Waals surface area contributed by atoms with Crippen molar-refractivity contribution < 1.29 is 9.18 Å². The van der Waals surface area contributed by atoms with Gasteiger partial charge in [0, 0.05) is 24.5 Å². The minimum absolute atomic E-state index is 0.0556. The maximum atomic E-state index is 13.4. The molecule has 1 aromatic heterocycles. The van der Waals surface area contributed by atoms with Gasteiger partial charge < -0.3 is 10.2 Å². The molecule has 3 rings (SSSR count). The molecule has 0 bridgehead atoms. The third-order valence-electron chi connectivity index (χ3n) is 6.72. The van der Waals surface area contributed by atoms with E-state index in [0.717, 1.165) is 23.0 Å². The van der Waals surface area contributed by atoms with Crippen LogP contribution in [0.1, 0.15) is 66.4 Å². The third kappa shape index (κ3) is 5.78. The van der Waals surface area contributed by atoms with Crippen LogP contribution in [0.5, 0.6) is 0 Å². The fraction of sp³-hybridized carbons (Fsp3) is 0.500. The van der Waals surface area contributed by atoms with Crippen LogP contribution in [-0.2, 0) is 0 Å². The summed E-state index contributed by atoms with van der Waals surface area (Å²) < 4.78 is 15.2. The van der Waals surface area contributed by atoms with E-state index in [2.05, 4.69) is 56.3 Å². The number of carbonyl (C=O) groups excluding carboxylic acids is 1. The highest BCUT2D eigenvalue weighted by Crippen LogP contribution is 2.41. The van der Waals surface area contributed by atoms with Crippen LogP contribution in [0, 0.1) is 17.2 Å². The zero-order valence-electron chi connectivity index (χ0n) is 21.8. The Labute approximate surface area is 203 Å². The Bertz CT molecular complexity index is 1130. The Hall–Kier alpha value is -2.89. The molecular formula is C28H39FN4O. The first-order valence-electron chi connectivity index (χ1n) is 12.0. The molecule has 0 fully saturated rings. The summed E-state index contributed by atoms with van der Waals surface area (Å²) in [6, 6.07) is 12.8. The molecule has 1 N–H and O–H groups in total. The third-order valence-corrected chi connectivity index (χ3v) is 6.72. The SMILES string of the molecule is CC(C)CC(c1ccc2c(cnn2-c2ccc(F)cc2)c1)C(C)(C)CNC(=O)N(C)C(C)(C)C. The highest BCUT2D eigenvalue weighted by atomic mass is 19.1. The number of urea groups is 1. The number of carbonyl (C=O) groups is 1. The number of benzene rings is 2. The number of rotatable bonds is 7. The molecule has 0 saturated heterocycles. The van der Waals surface area contributed by atoms with E-state index in [9.17, 15) is 9.18 Å². The Kier molecular flexibility index (Phi) is 7.39. The van der Waals surface area contributed by atoms with E-state index in [0.29, 0.717) is 12.5 Å². The number of halogens is 1. The number of hydrogen-bond acceptors (Lipinski definition) is 2. The molecule has 0 aliphatic carbocycles. The van der Waals surface area contributed by atoms with Crippen LogP contribution in [0.4, 0.5) is 9.18 Å². The van der Waals surface area contributed by atoms with Crippen molar-refractivity contribution >= 4 is 16.9 Å². The topological polar surface area (TPSA) is 50.2 Å². The minimum Gasteiger partial charge on any atom is -0.337 e. The first-order valence-corrected chi connectivity index (χ1v) is 12.0. The largest absolute Gasteiger partial charge is 0.337 e. The predicted octanol–water partition coefficient (Wildman–Crippen LogP) is 6.76. The zero-order valence-corrected chi connectivity index (χ0v) is 21.8. The predicted molar refractivity (Wildman–Crippen MR) is 138 cm³/mol. The highest BCUT2D eigenvalue weighted by Gasteiger charge is 2.33. The lowest BCUT2D eigenvalue weighted by Gasteiger charge is -2.38. The van der Waals surface area contributed by atoms with Crippen molar-refractivity contribution in [1.82, 2.24) is 20.0 Å². The van der Waals surface area contributed by atoms with E-state index >= 15 is 0 Å². The standard InChI is InChI=1S/C28H39FN4O/c1-19(2)15-24(28(6,7)18-30-26(34)32(8)27(3,4)5)20-9-14-25-21(16-20)17-31-33(25)23-12-10-22(29)11-13-23/h9-14,16-17,19,24H,15,18H2,1-8H3,(H,30,34). The summed E-state index contributed by atoms with van der Waals surface area (Å²) >= 11 is 0. The molecular weight excluding hydrogens is 427 g/mol. The van der Waals surface area contributed by atoms with E-state index in [1.54, 1.807) is 17.0 Å². The second kappa shape index (κ2) is 9.77. The lowest BCUT2D eigenvalue weighted by Crippen LogP contribution is -2.50. The Morgan fingerprint density at radius 2 is 1.74 bits per heavy atom. The van der Waals surface area contributed by atoms with E-state index in [4.69, 9.17) is 0 Å². The van der Waals surface area contributed by atoms with E-state index in [1.165, 1.54) is 17.7 Å². The number of amides is 2. The maximum absolute atomic E-state index is 13.4. The van der Waals surface area contributed by atoms with Crippen molar-refractivity contribution in [1.29, 1.82) is 0 Å². The van der Waals surface area contributed by atoms with Gasteiger partial charge >= 0.3 is 6.03 Å². The van der Waals surface area contributed by atoms with Crippen LogP contribution in [0.15, 0.2) is 48.7 Å². The molecule has 0 spiro atoms. The average molecular weight is 467 g/mol. The molecule has 3 aromatic rings. The van der Waals surface area contributed by atoms with Gasteiger partial charge in [-0.1, -0.05) is 33.8 Å². The smallest absolute Gasteiger partial charge is 0.317 e. The molecule has 1 unspecified atom stereocenters. The molecule has 0 saturated carbocycles. The molecule has 1 heterocycles. The molecule has 2 aromatic carbocycles. The molecule has 5 nitrogen and oxygen atoms in total. The van der Waals surface area contributed by atoms with Crippen molar-refractivity contribution in [2.75, 3.05) is 13.6 Å². The van der Waals surface area contributed by atoms with Gasteiger partial charge in [0.2, 0.25) is 0 Å². The van der Waals surface area contributed by atoms with E-state index < -0.39 is 0 Å². The van der Waals surface area contributed by atoms with Crippen LogP contribution < -0.4 is 5.32 Å². The van der Waals surface area contributed by atoms with Gasteiger partial charge in [0.1, 0.15) is 5.82 Å². The molecule has 34 heavy (non-hydrogen) atoms. The summed E-state index contributed by atoms with van der Waals surface area (Å²) in [6.45, 7) is 15.6. The van der Waals surface area contributed by atoms with E-state index in [1.807, 2.05) is 38.7 Å². The number of aromatic nitrogens is 2. The van der Waals surface area contributed by atoms with Crippen molar-refractivity contribution in [2.45, 2.75) is 66.3 Å². The first kappa shape index (κ1) is 25.7. The van der Waals surface area contributed by atoms with Gasteiger partial charge in [-0.3, -0.25) is 0 Å². The second-order valence-corrected chi connectivity index (χ2v) is 11.4. The Balaban J connectivity index is 1.88. The normalized spacial score (nSPS) is 13.4. The lowest BCUT2D eigenvalue weighted by molar-refractivity contribution is 0.157. The van der Waals surface area contributed by atoms with Crippen LogP contribution in [-0.4, -0.2) is 39.8 Å². The van der Waals surface area contributed by atoms with Gasteiger partial charge in [-0.25, -0.2) is 13.9 Å². The highest BCUT2D eigenvalue weighted by molar-refractivity contribution is 5.81. The molecule has 0 aliphatic rings. The minimum atomic E-state index is -0.262. The van der Waals surface area contributed by atoms with Gasteiger partial charge in [-0.15, -0.1) is 0 Å². The summed E-state index contributed by atoms with van der Waals surface area (Å²) in [5, 5.41) is 8.76. The molecule has 0 aliphatic heterocycles. The molecule has 184 valence electrons. The summed E-state index contributed by atoms with van der Waals surface area (Å²) in [7, 11) is 1.83. The van der Waals surface area contributed by atoms with Crippen molar-refractivity contribution in [2.24, 2.45) is 11.3 Å². The molecule has 0 radical (unpaired) electrons. The van der Waals surface area contributed by atoms with Crippen LogP contribution in [0.25, 0.3) is 16.6 Å².